The fraction of sp³-hybridized carbons (Fsp3) is 0.364. The van der Waals surface area contributed by atoms with Crippen molar-refractivity contribution < 1.29 is 18.0 Å². The summed E-state index contributed by atoms with van der Waals surface area (Å²) in [4.78, 5) is 10.9. The first kappa shape index (κ1) is 14.0. The van der Waals surface area contributed by atoms with Crippen LogP contribution < -0.4 is 5.32 Å². The Hall–Kier alpha value is -1.04. The van der Waals surface area contributed by atoms with Crippen LogP contribution in [0.2, 0.25) is 0 Å². The first-order chi connectivity index (χ1) is 7.80. The van der Waals surface area contributed by atoms with Crippen molar-refractivity contribution in [3.8, 4) is 0 Å². The Morgan fingerprint density at radius 1 is 1.47 bits per heavy atom. The maximum absolute atomic E-state index is 12.4. The highest BCUT2D eigenvalue weighted by atomic mass is 79.9. The highest BCUT2D eigenvalue weighted by molar-refractivity contribution is 9.10. The van der Waals surface area contributed by atoms with Crippen LogP contribution in [0.15, 0.2) is 24.3 Å². The van der Waals surface area contributed by atoms with Crippen LogP contribution in [-0.2, 0) is 17.5 Å². The fourth-order valence-electron chi connectivity index (χ4n) is 1.19. The quantitative estimate of drug-likeness (QED) is 0.854. The van der Waals surface area contributed by atoms with E-state index in [2.05, 4.69) is 21.2 Å². The largest absolute Gasteiger partial charge is 0.416 e. The molecule has 6 heteroatoms. The van der Waals surface area contributed by atoms with Gasteiger partial charge in [0.2, 0.25) is 5.91 Å². The summed E-state index contributed by atoms with van der Waals surface area (Å²) in [7, 11) is 0. The van der Waals surface area contributed by atoms with Crippen LogP contribution in [0.4, 0.5) is 13.2 Å². The molecule has 1 unspecified atom stereocenters. The molecule has 17 heavy (non-hydrogen) atoms. The van der Waals surface area contributed by atoms with Gasteiger partial charge in [0.05, 0.1) is 10.4 Å². The zero-order valence-electron chi connectivity index (χ0n) is 9.01. The Morgan fingerprint density at radius 3 is 2.65 bits per heavy atom. The molecule has 1 rings (SSSR count). The molecule has 1 atom stereocenters. The van der Waals surface area contributed by atoms with Gasteiger partial charge in [0, 0.05) is 6.54 Å². The number of carbonyl (C=O) groups excluding carboxylic acids is 1. The lowest BCUT2D eigenvalue weighted by Gasteiger charge is -2.10. The first-order valence-electron chi connectivity index (χ1n) is 4.88. The molecule has 0 saturated carbocycles. The third kappa shape index (κ3) is 4.38. The number of amides is 1. The van der Waals surface area contributed by atoms with E-state index in [9.17, 15) is 18.0 Å². The third-order valence-electron chi connectivity index (χ3n) is 2.08. The molecule has 1 aromatic carbocycles. The number of carbonyl (C=O) groups is 1. The zero-order valence-corrected chi connectivity index (χ0v) is 10.6. The molecular formula is C11H11BrF3NO. The van der Waals surface area contributed by atoms with Crippen molar-refractivity contribution in [2.24, 2.45) is 0 Å². The molecule has 0 heterocycles. The number of nitrogens with one attached hydrogen (secondary N) is 1. The minimum atomic E-state index is -4.36. The van der Waals surface area contributed by atoms with E-state index in [1.807, 2.05) is 0 Å². The van der Waals surface area contributed by atoms with E-state index < -0.39 is 11.7 Å². The van der Waals surface area contributed by atoms with Gasteiger partial charge >= 0.3 is 6.18 Å². The summed E-state index contributed by atoms with van der Waals surface area (Å²) < 4.78 is 37.2. The smallest absolute Gasteiger partial charge is 0.351 e. The highest BCUT2D eigenvalue weighted by Gasteiger charge is 2.30. The van der Waals surface area contributed by atoms with Crippen LogP contribution in [-0.4, -0.2) is 10.7 Å². The fourth-order valence-corrected chi connectivity index (χ4v) is 1.35. The van der Waals surface area contributed by atoms with Gasteiger partial charge in [-0.1, -0.05) is 28.1 Å². The normalized spacial score (nSPS) is 13.2. The molecule has 0 saturated heterocycles. The van der Waals surface area contributed by atoms with Gasteiger partial charge in [-0.05, 0) is 24.6 Å². The van der Waals surface area contributed by atoms with Gasteiger partial charge in [-0.2, -0.15) is 13.2 Å². The number of hydrogen-bond donors (Lipinski definition) is 1. The minimum absolute atomic E-state index is 0.0820. The third-order valence-corrected chi connectivity index (χ3v) is 2.50. The Labute approximate surface area is 105 Å². The molecule has 0 aromatic heterocycles. The molecule has 0 spiro atoms. The van der Waals surface area contributed by atoms with Crippen molar-refractivity contribution >= 4 is 21.8 Å². The Morgan fingerprint density at radius 2 is 2.12 bits per heavy atom. The van der Waals surface area contributed by atoms with Gasteiger partial charge in [-0.15, -0.1) is 0 Å². The lowest BCUT2D eigenvalue weighted by Crippen LogP contribution is -2.28. The van der Waals surface area contributed by atoms with Crippen LogP contribution in [0.25, 0.3) is 0 Å². The highest BCUT2D eigenvalue weighted by Crippen LogP contribution is 2.29. The number of hydrogen-bond acceptors (Lipinski definition) is 1. The average Bonchev–Trinajstić information content (AvgIpc) is 2.25. The van der Waals surface area contributed by atoms with E-state index in [1.165, 1.54) is 12.1 Å². The molecule has 0 aliphatic rings. The second-order valence-corrected chi connectivity index (χ2v) is 4.91. The summed E-state index contributed by atoms with van der Waals surface area (Å²) in [5.74, 6) is -0.262. The molecule has 94 valence electrons. The number of alkyl halides is 4. The van der Waals surface area contributed by atoms with E-state index in [4.69, 9.17) is 0 Å². The summed E-state index contributed by atoms with van der Waals surface area (Å²) >= 11 is 3.07. The summed E-state index contributed by atoms with van der Waals surface area (Å²) in [5, 5.41) is 2.52. The molecule has 0 radical (unpaired) electrons. The number of rotatable bonds is 3. The first-order valence-corrected chi connectivity index (χ1v) is 5.80. The van der Waals surface area contributed by atoms with Gasteiger partial charge in [-0.25, -0.2) is 0 Å². The molecule has 2 nitrogen and oxygen atoms in total. The maximum atomic E-state index is 12.4. The van der Waals surface area contributed by atoms with Crippen molar-refractivity contribution in [2.45, 2.75) is 24.5 Å². The van der Waals surface area contributed by atoms with Gasteiger partial charge in [0.15, 0.2) is 0 Å². The van der Waals surface area contributed by atoms with Crippen molar-refractivity contribution in [1.29, 1.82) is 0 Å². The van der Waals surface area contributed by atoms with Crippen molar-refractivity contribution in [2.75, 3.05) is 0 Å². The predicted octanol–water partition coefficient (Wildman–Crippen LogP) is 3.11. The Bertz CT molecular complexity index is 404. The van der Waals surface area contributed by atoms with Crippen molar-refractivity contribution in [3.63, 3.8) is 0 Å². The average molecular weight is 310 g/mol. The summed E-state index contributed by atoms with van der Waals surface area (Å²) in [5.41, 5.74) is -0.294. The van der Waals surface area contributed by atoms with Crippen LogP contribution in [0.3, 0.4) is 0 Å². The van der Waals surface area contributed by atoms with E-state index in [1.54, 1.807) is 6.92 Å². The van der Waals surface area contributed by atoms with Crippen LogP contribution >= 0.6 is 15.9 Å². The zero-order chi connectivity index (χ0) is 13.1. The Kier molecular flexibility index (Phi) is 4.56. The summed E-state index contributed by atoms with van der Waals surface area (Å²) in [6, 6.07) is 4.88. The van der Waals surface area contributed by atoms with Gasteiger partial charge in [0.25, 0.3) is 0 Å². The standard InChI is InChI=1S/C11H11BrF3NO/c1-7(12)10(17)16-6-8-3-2-4-9(5-8)11(13,14)15/h2-5,7H,6H2,1H3,(H,16,17). The van der Waals surface area contributed by atoms with E-state index in [0.717, 1.165) is 12.1 Å². The van der Waals surface area contributed by atoms with Crippen molar-refractivity contribution in [1.82, 2.24) is 5.32 Å². The molecule has 0 aliphatic carbocycles. The molecular weight excluding hydrogens is 299 g/mol. The van der Waals surface area contributed by atoms with E-state index in [0.29, 0.717) is 5.56 Å². The van der Waals surface area contributed by atoms with Crippen molar-refractivity contribution in [3.05, 3.63) is 35.4 Å². The summed E-state index contributed by atoms with van der Waals surface area (Å²) in [6.45, 7) is 1.72. The minimum Gasteiger partial charge on any atom is -0.351 e. The second kappa shape index (κ2) is 5.53. The van der Waals surface area contributed by atoms with E-state index >= 15 is 0 Å². The number of benzene rings is 1. The lowest BCUT2D eigenvalue weighted by molar-refractivity contribution is -0.137. The van der Waals surface area contributed by atoms with Gasteiger partial charge in [0.1, 0.15) is 0 Å². The van der Waals surface area contributed by atoms with Crippen LogP contribution in [0, 0.1) is 0 Å². The Balaban J connectivity index is 2.70. The molecule has 0 bridgehead atoms. The summed E-state index contributed by atoms with van der Waals surface area (Å²) in [6.07, 6.45) is -4.36. The number of halogens is 4. The topological polar surface area (TPSA) is 29.1 Å². The van der Waals surface area contributed by atoms with E-state index in [-0.39, 0.29) is 17.3 Å². The van der Waals surface area contributed by atoms with Gasteiger partial charge < -0.3 is 5.32 Å². The maximum Gasteiger partial charge on any atom is 0.416 e. The predicted molar refractivity (Wildman–Crippen MR) is 61.7 cm³/mol. The van der Waals surface area contributed by atoms with Gasteiger partial charge in [-0.3, -0.25) is 4.79 Å². The van der Waals surface area contributed by atoms with Crippen LogP contribution in [0.5, 0.6) is 0 Å². The monoisotopic (exact) mass is 309 g/mol. The second-order valence-electron chi connectivity index (χ2n) is 3.53. The SMILES string of the molecule is CC(Br)C(=O)NCc1cccc(C(F)(F)F)c1. The molecule has 0 aliphatic heterocycles. The molecule has 1 N–H and O–H groups in total. The molecule has 1 aromatic rings. The molecule has 1 amide bonds. The van der Waals surface area contributed by atoms with Crippen LogP contribution in [0.1, 0.15) is 18.1 Å². The molecule has 0 fully saturated rings. The lowest BCUT2D eigenvalue weighted by atomic mass is 10.1.